The number of halogens is 2. The molecule has 1 aliphatic heterocycles. The Morgan fingerprint density at radius 1 is 1.35 bits per heavy atom. The molecule has 108 valence electrons. The molecule has 1 saturated heterocycles. The first kappa shape index (κ1) is 15.1. The molecule has 1 fully saturated rings. The fourth-order valence-corrected chi connectivity index (χ4v) is 2.83. The van der Waals surface area contributed by atoms with Gasteiger partial charge in [0.15, 0.2) is 0 Å². The van der Waals surface area contributed by atoms with Gasteiger partial charge in [-0.3, -0.25) is 4.79 Å². The molecule has 1 N–H and O–H groups in total. The van der Waals surface area contributed by atoms with E-state index < -0.39 is 11.5 Å². The summed E-state index contributed by atoms with van der Waals surface area (Å²) in [4.78, 5) is 25.1. The van der Waals surface area contributed by atoms with E-state index in [-0.39, 0.29) is 12.3 Å². The van der Waals surface area contributed by atoms with Gasteiger partial charge in [-0.05, 0) is 37.5 Å². The molecule has 0 radical (unpaired) electrons. The predicted octanol–water partition coefficient (Wildman–Crippen LogP) is 3.00. The summed E-state index contributed by atoms with van der Waals surface area (Å²) in [5.41, 5.74) is -0.378. The van der Waals surface area contributed by atoms with Crippen LogP contribution in [-0.2, 0) is 16.0 Å². The molecule has 6 heteroatoms. The number of amides is 1. The van der Waals surface area contributed by atoms with Crippen LogP contribution in [0.25, 0.3) is 0 Å². The molecule has 2 rings (SSSR count). The average molecular weight is 316 g/mol. The Morgan fingerprint density at radius 3 is 2.65 bits per heavy atom. The highest BCUT2D eigenvalue weighted by Gasteiger charge is 2.45. The van der Waals surface area contributed by atoms with E-state index in [0.29, 0.717) is 29.4 Å². The summed E-state index contributed by atoms with van der Waals surface area (Å²) in [5, 5.41) is 10.1. The fraction of sp³-hybridized carbons (Fsp3) is 0.429. The number of benzene rings is 1. The highest BCUT2D eigenvalue weighted by atomic mass is 35.5. The molecule has 0 aromatic heterocycles. The number of hydrogen-bond donors (Lipinski definition) is 1. The van der Waals surface area contributed by atoms with E-state index in [4.69, 9.17) is 23.2 Å². The molecule has 4 nitrogen and oxygen atoms in total. The Bertz CT molecular complexity index is 561. The maximum Gasteiger partial charge on any atom is 0.329 e. The van der Waals surface area contributed by atoms with E-state index in [0.717, 1.165) is 5.56 Å². The molecular weight excluding hydrogens is 301 g/mol. The largest absolute Gasteiger partial charge is 0.480 e. The van der Waals surface area contributed by atoms with Crippen LogP contribution < -0.4 is 0 Å². The Morgan fingerprint density at radius 2 is 2.05 bits per heavy atom. The molecule has 0 spiro atoms. The minimum absolute atomic E-state index is 0.125. The first-order chi connectivity index (χ1) is 9.34. The van der Waals surface area contributed by atoms with Gasteiger partial charge in [-0.25, -0.2) is 4.79 Å². The third-order valence-corrected chi connectivity index (χ3v) is 4.48. The van der Waals surface area contributed by atoms with Gasteiger partial charge in [-0.15, -0.1) is 0 Å². The standard InChI is InChI=1S/C14H15Cl2NO3/c1-14(13(19)20)5-2-6-17(14)12(18)8-9-3-4-10(15)11(16)7-9/h3-4,7H,2,5-6,8H2,1H3,(H,19,20). The zero-order valence-electron chi connectivity index (χ0n) is 11.0. The van der Waals surface area contributed by atoms with Crippen molar-refractivity contribution in [1.82, 2.24) is 4.90 Å². The number of hydrogen-bond acceptors (Lipinski definition) is 2. The van der Waals surface area contributed by atoms with Crippen molar-refractivity contribution >= 4 is 35.1 Å². The SMILES string of the molecule is CC1(C(=O)O)CCCN1C(=O)Cc1ccc(Cl)c(Cl)c1. The molecule has 1 aromatic carbocycles. The first-order valence-electron chi connectivity index (χ1n) is 6.32. The van der Waals surface area contributed by atoms with Crippen LogP contribution in [0, 0.1) is 0 Å². The maximum atomic E-state index is 12.3. The summed E-state index contributed by atoms with van der Waals surface area (Å²) in [5.74, 6) is -1.16. The molecule has 1 amide bonds. The van der Waals surface area contributed by atoms with Crippen molar-refractivity contribution in [3.63, 3.8) is 0 Å². The van der Waals surface area contributed by atoms with Gasteiger partial charge in [-0.1, -0.05) is 29.3 Å². The average Bonchev–Trinajstić information content (AvgIpc) is 2.77. The van der Waals surface area contributed by atoms with Gasteiger partial charge < -0.3 is 10.0 Å². The molecule has 1 aromatic rings. The third-order valence-electron chi connectivity index (χ3n) is 3.74. The number of nitrogens with zero attached hydrogens (tertiary/aromatic N) is 1. The monoisotopic (exact) mass is 315 g/mol. The predicted molar refractivity (Wildman–Crippen MR) is 77.2 cm³/mol. The van der Waals surface area contributed by atoms with Crippen molar-refractivity contribution in [2.24, 2.45) is 0 Å². The number of likely N-dealkylation sites (tertiary alicyclic amines) is 1. The van der Waals surface area contributed by atoms with Crippen LogP contribution in [0.3, 0.4) is 0 Å². The van der Waals surface area contributed by atoms with E-state index in [1.807, 2.05) is 0 Å². The van der Waals surface area contributed by atoms with Gasteiger partial charge in [0.2, 0.25) is 5.91 Å². The molecule has 1 heterocycles. The normalized spacial score (nSPS) is 22.1. The van der Waals surface area contributed by atoms with Gasteiger partial charge in [-0.2, -0.15) is 0 Å². The second-order valence-electron chi connectivity index (χ2n) is 5.15. The smallest absolute Gasteiger partial charge is 0.329 e. The van der Waals surface area contributed by atoms with Crippen LogP contribution in [0.5, 0.6) is 0 Å². The van der Waals surface area contributed by atoms with Crippen LogP contribution in [-0.4, -0.2) is 34.0 Å². The van der Waals surface area contributed by atoms with Gasteiger partial charge in [0.25, 0.3) is 0 Å². The van der Waals surface area contributed by atoms with Crippen molar-refractivity contribution in [2.45, 2.75) is 31.7 Å². The van der Waals surface area contributed by atoms with Gasteiger partial charge in [0.1, 0.15) is 5.54 Å². The highest BCUT2D eigenvalue weighted by molar-refractivity contribution is 6.42. The number of aliphatic carboxylic acids is 1. The summed E-state index contributed by atoms with van der Waals surface area (Å²) >= 11 is 11.7. The molecule has 0 bridgehead atoms. The van der Waals surface area contributed by atoms with Crippen molar-refractivity contribution in [2.75, 3.05) is 6.54 Å². The minimum Gasteiger partial charge on any atom is -0.480 e. The van der Waals surface area contributed by atoms with Gasteiger partial charge >= 0.3 is 5.97 Å². The third kappa shape index (κ3) is 2.76. The lowest BCUT2D eigenvalue weighted by Gasteiger charge is -2.31. The summed E-state index contributed by atoms with van der Waals surface area (Å²) in [6.45, 7) is 2.07. The maximum absolute atomic E-state index is 12.3. The van der Waals surface area contributed by atoms with E-state index in [1.165, 1.54) is 4.90 Å². The fourth-order valence-electron chi connectivity index (χ4n) is 2.51. The molecular formula is C14H15Cl2NO3. The first-order valence-corrected chi connectivity index (χ1v) is 7.08. The lowest BCUT2D eigenvalue weighted by molar-refractivity contribution is -0.155. The van der Waals surface area contributed by atoms with Crippen molar-refractivity contribution in [3.8, 4) is 0 Å². The Labute approximate surface area is 127 Å². The summed E-state index contributed by atoms with van der Waals surface area (Å²) in [6, 6.07) is 4.99. The quantitative estimate of drug-likeness (QED) is 0.932. The summed E-state index contributed by atoms with van der Waals surface area (Å²) < 4.78 is 0. The molecule has 1 atom stereocenters. The summed E-state index contributed by atoms with van der Waals surface area (Å²) in [6.07, 6.45) is 1.31. The second-order valence-corrected chi connectivity index (χ2v) is 5.97. The lowest BCUT2D eigenvalue weighted by atomic mass is 9.98. The Hall–Kier alpha value is -1.26. The topological polar surface area (TPSA) is 57.6 Å². The van der Waals surface area contributed by atoms with Crippen LogP contribution >= 0.6 is 23.2 Å². The van der Waals surface area contributed by atoms with Crippen LogP contribution in [0.1, 0.15) is 25.3 Å². The Balaban J connectivity index is 2.15. The van der Waals surface area contributed by atoms with E-state index in [9.17, 15) is 14.7 Å². The van der Waals surface area contributed by atoms with Gasteiger partial charge in [0, 0.05) is 6.54 Å². The Kier molecular flexibility index (Phi) is 4.25. The minimum atomic E-state index is -1.10. The number of carboxylic acids is 1. The van der Waals surface area contributed by atoms with E-state index in [1.54, 1.807) is 25.1 Å². The zero-order valence-corrected chi connectivity index (χ0v) is 12.5. The van der Waals surface area contributed by atoms with Crippen LogP contribution in [0.15, 0.2) is 18.2 Å². The molecule has 0 saturated carbocycles. The molecule has 1 aliphatic rings. The molecule has 0 aliphatic carbocycles. The number of carboxylic acid groups (broad SMARTS) is 1. The zero-order chi connectivity index (χ0) is 14.9. The molecule has 20 heavy (non-hydrogen) atoms. The van der Waals surface area contributed by atoms with Crippen LogP contribution in [0.4, 0.5) is 0 Å². The summed E-state index contributed by atoms with van der Waals surface area (Å²) in [7, 11) is 0. The number of carbonyl (C=O) groups excluding carboxylic acids is 1. The van der Waals surface area contributed by atoms with Crippen molar-refractivity contribution in [1.29, 1.82) is 0 Å². The lowest BCUT2D eigenvalue weighted by Crippen LogP contribution is -2.51. The molecule has 1 unspecified atom stereocenters. The van der Waals surface area contributed by atoms with Crippen molar-refractivity contribution in [3.05, 3.63) is 33.8 Å². The highest BCUT2D eigenvalue weighted by Crippen LogP contribution is 2.30. The van der Waals surface area contributed by atoms with E-state index >= 15 is 0 Å². The van der Waals surface area contributed by atoms with Crippen molar-refractivity contribution < 1.29 is 14.7 Å². The second kappa shape index (κ2) is 5.62. The van der Waals surface area contributed by atoms with Crippen LogP contribution in [0.2, 0.25) is 10.0 Å². The van der Waals surface area contributed by atoms with Gasteiger partial charge in [0.05, 0.1) is 16.5 Å². The van der Waals surface area contributed by atoms with E-state index in [2.05, 4.69) is 0 Å². The number of carbonyl (C=O) groups is 2. The number of rotatable bonds is 3.